The third-order valence-electron chi connectivity index (χ3n) is 3.51. The molecule has 1 amide bonds. The maximum atomic E-state index is 12.1. The van der Waals surface area contributed by atoms with Crippen LogP contribution >= 0.6 is 0 Å². The topological polar surface area (TPSA) is 66.4 Å². The molecule has 0 fully saturated rings. The third-order valence-corrected chi connectivity index (χ3v) is 3.51. The summed E-state index contributed by atoms with van der Waals surface area (Å²) < 4.78 is 0. The van der Waals surface area contributed by atoms with Crippen LogP contribution in [0.4, 0.5) is 5.69 Å². The summed E-state index contributed by atoms with van der Waals surface area (Å²) >= 11 is 0. The molecule has 1 aromatic heterocycles. The number of benzene rings is 2. The summed E-state index contributed by atoms with van der Waals surface area (Å²) in [5, 5.41) is 7.03. The van der Waals surface area contributed by atoms with E-state index in [0.717, 1.165) is 16.9 Å². The molecule has 5 heteroatoms. The molecule has 0 saturated carbocycles. The number of pyridine rings is 1. The molecule has 25 heavy (non-hydrogen) atoms. The predicted octanol–water partition coefficient (Wildman–Crippen LogP) is 3.46. The van der Waals surface area contributed by atoms with Crippen molar-refractivity contribution in [3.8, 4) is 0 Å². The van der Waals surface area contributed by atoms with Crippen LogP contribution < -0.4 is 10.7 Å². The van der Waals surface area contributed by atoms with E-state index in [1.54, 1.807) is 24.5 Å². The van der Waals surface area contributed by atoms with Crippen molar-refractivity contribution in [3.05, 3.63) is 95.8 Å². The van der Waals surface area contributed by atoms with Crippen molar-refractivity contribution < 1.29 is 4.79 Å². The molecule has 3 aromatic rings. The summed E-state index contributed by atoms with van der Waals surface area (Å²) in [6, 6.07) is 22.6. The minimum Gasteiger partial charge on any atom is -0.346 e. The lowest BCUT2D eigenvalue weighted by molar-refractivity contribution is 0.0950. The molecule has 0 spiro atoms. The number of carbonyl (C=O) groups is 1. The van der Waals surface area contributed by atoms with E-state index < -0.39 is 0 Å². The van der Waals surface area contributed by atoms with Crippen LogP contribution in [0.1, 0.15) is 21.6 Å². The van der Waals surface area contributed by atoms with Gasteiger partial charge in [0, 0.05) is 11.8 Å². The molecule has 0 bridgehead atoms. The van der Waals surface area contributed by atoms with Gasteiger partial charge in [0.25, 0.3) is 5.91 Å². The Morgan fingerprint density at radius 3 is 2.44 bits per heavy atom. The first kappa shape index (κ1) is 16.4. The summed E-state index contributed by atoms with van der Waals surface area (Å²) in [6.45, 7) is 0.404. The molecule has 0 atom stereocenters. The first-order chi connectivity index (χ1) is 12.3. The predicted molar refractivity (Wildman–Crippen MR) is 99.5 cm³/mol. The first-order valence-electron chi connectivity index (χ1n) is 7.93. The number of hydrogen-bond acceptors (Lipinski definition) is 4. The van der Waals surface area contributed by atoms with Crippen LogP contribution in [0.15, 0.2) is 84.1 Å². The Morgan fingerprint density at radius 1 is 0.960 bits per heavy atom. The molecule has 5 nitrogen and oxygen atoms in total. The van der Waals surface area contributed by atoms with E-state index in [4.69, 9.17) is 0 Å². The van der Waals surface area contributed by atoms with E-state index >= 15 is 0 Å². The summed E-state index contributed by atoms with van der Waals surface area (Å²) in [5.41, 5.74) is 6.19. The SMILES string of the molecule is O=C(NCc1ccccn1)c1ccc(N/N=C/c2ccccc2)cc1. The van der Waals surface area contributed by atoms with Crippen molar-refractivity contribution in [2.45, 2.75) is 6.54 Å². The van der Waals surface area contributed by atoms with Gasteiger partial charge in [-0.05, 0) is 42.0 Å². The highest BCUT2D eigenvalue weighted by atomic mass is 16.1. The lowest BCUT2D eigenvalue weighted by Crippen LogP contribution is -2.23. The molecular weight excluding hydrogens is 312 g/mol. The average Bonchev–Trinajstić information content (AvgIpc) is 2.68. The minimum absolute atomic E-state index is 0.134. The highest BCUT2D eigenvalue weighted by molar-refractivity contribution is 5.94. The first-order valence-corrected chi connectivity index (χ1v) is 7.93. The van der Waals surface area contributed by atoms with E-state index in [2.05, 4.69) is 20.8 Å². The van der Waals surface area contributed by atoms with Gasteiger partial charge in [0.05, 0.1) is 24.1 Å². The van der Waals surface area contributed by atoms with Crippen LogP contribution in [0.2, 0.25) is 0 Å². The lowest BCUT2D eigenvalue weighted by Gasteiger charge is -2.06. The molecule has 0 aliphatic rings. The normalized spacial score (nSPS) is 10.6. The zero-order valence-electron chi connectivity index (χ0n) is 13.6. The number of nitrogens with one attached hydrogen (secondary N) is 2. The molecule has 2 N–H and O–H groups in total. The van der Waals surface area contributed by atoms with E-state index in [1.807, 2.05) is 60.7 Å². The molecular formula is C20H18N4O. The molecule has 1 heterocycles. The van der Waals surface area contributed by atoms with Crippen molar-refractivity contribution in [1.29, 1.82) is 0 Å². The number of rotatable bonds is 6. The Balaban J connectivity index is 1.53. The monoisotopic (exact) mass is 330 g/mol. The number of carbonyl (C=O) groups excluding carboxylic acids is 1. The van der Waals surface area contributed by atoms with Crippen LogP contribution in [0.25, 0.3) is 0 Å². The van der Waals surface area contributed by atoms with Crippen molar-refractivity contribution in [2.24, 2.45) is 5.10 Å². The lowest BCUT2D eigenvalue weighted by atomic mass is 10.2. The van der Waals surface area contributed by atoms with Crippen molar-refractivity contribution in [1.82, 2.24) is 10.3 Å². The molecule has 3 rings (SSSR count). The highest BCUT2D eigenvalue weighted by Gasteiger charge is 2.05. The van der Waals surface area contributed by atoms with Crippen LogP contribution in [0.3, 0.4) is 0 Å². The molecule has 0 aliphatic carbocycles. The standard InChI is InChI=1S/C20H18N4O/c25-20(22-15-19-8-4-5-13-21-19)17-9-11-18(12-10-17)24-23-14-16-6-2-1-3-7-16/h1-14,24H,15H2,(H,22,25)/b23-14+. The van der Waals surface area contributed by atoms with Gasteiger partial charge < -0.3 is 5.32 Å². The summed E-state index contributed by atoms with van der Waals surface area (Å²) in [4.78, 5) is 16.3. The van der Waals surface area contributed by atoms with Crippen molar-refractivity contribution in [2.75, 3.05) is 5.43 Å². The maximum absolute atomic E-state index is 12.1. The van der Waals surface area contributed by atoms with Gasteiger partial charge in [-0.2, -0.15) is 5.10 Å². The van der Waals surface area contributed by atoms with Gasteiger partial charge in [-0.25, -0.2) is 0 Å². The van der Waals surface area contributed by atoms with Gasteiger partial charge in [0.2, 0.25) is 0 Å². The van der Waals surface area contributed by atoms with E-state index in [1.165, 1.54) is 0 Å². The quantitative estimate of drug-likeness (QED) is 0.537. The second-order valence-electron chi connectivity index (χ2n) is 5.36. The van der Waals surface area contributed by atoms with Crippen LogP contribution in [0, 0.1) is 0 Å². The zero-order chi connectivity index (χ0) is 17.3. The molecule has 0 aliphatic heterocycles. The molecule has 0 saturated heterocycles. The maximum Gasteiger partial charge on any atom is 0.251 e. The van der Waals surface area contributed by atoms with E-state index in [0.29, 0.717) is 12.1 Å². The molecule has 0 unspecified atom stereocenters. The van der Waals surface area contributed by atoms with Gasteiger partial charge in [0.1, 0.15) is 0 Å². The van der Waals surface area contributed by atoms with Gasteiger partial charge in [-0.15, -0.1) is 0 Å². The number of aromatic nitrogens is 1. The largest absolute Gasteiger partial charge is 0.346 e. The fourth-order valence-electron chi connectivity index (χ4n) is 2.19. The molecule has 0 radical (unpaired) electrons. The van der Waals surface area contributed by atoms with Gasteiger partial charge in [0.15, 0.2) is 0 Å². The Kier molecular flexibility index (Phi) is 5.51. The average molecular weight is 330 g/mol. The Labute approximate surface area is 146 Å². The smallest absolute Gasteiger partial charge is 0.251 e. The Hall–Kier alpha value is -3.47. The summed E-state index contributed by atoms with van der Waals surface area (Å²) in [6.07, 6.45) is 3.45. The van der Waals surface area contributed by atoms with E-state index in [9.17, 15) is 4.79 Å². The second kappa shape index (κ2) is 8.40. The number of hydrogen-bond donors (Lipinski definition) is 2. The zero-order valence-corrected chi connectivity index (χ0v) is 13.6. The summed E-state index contributed by atoms with van der Waals surface area (Å²) in [5.74, 6) is -0.134. The Bertz CT molecular complexity index is 831. The Morgan fingerprint density at radius 2 is 1.72 bits per heavy atom. The number of hydrazone groups is 1. The van der Waals surface area contributed by atoms with Crippen LogP contribution in [0.5, 0.6) is 0 Å². The third kappa shape index (κ3) is 5.00. The number of amides is 1. The van der Waals surface area contributed by atoms with E-state index in [-0.39, 0.29) is 5.91 Å². The fraction of sp³-hybridized carbons (Fsp3) is 0.0500. The minimum atomic E-state index is -0.134. The van der Waals surface area contributed by atoms with Crippen LogP contribution in [-0.4, -0.2) is 17.1 Å². The number of anilines is 1. The van der Waals surface area contributed by atoms with Crippen molar-refractivity contribution >= 4 is 17.8 Å². The summed E-state index contributed by atoms with van der Waals surface area (Å²) in [7, 11) is 0. The highest BCUT2D eigenvalue weighted by Crippen LogP contribution is 2.10. The van der Waals surface area contributed by atoms with Crippen LogP contribution in [-0.2, 0) is 6.54 Å². The molecule has 124 valence electrons. The van der Waals surface area contributed by atoms with Gasteiger partial charge in [-0.3, -0.25) is 15.2 Å². The van der Waals surface area contributed by atoms with Gasteiger partial charge in [-0.1, -0.05) is 36.4 Å². The number of nitrogens with zero attached hydrogens (tertiary/aromatic N) is 2. The van der Waals surface area contributed by atoms with Crippen molar-refractivity contribution in [3.63, 3.8) is 0 Å². The fourth-order valence-corrected chi connectivity index (χ4v) is 2.19. The molecule has 2 aromatic carbocycles. The second-order valence-corrected chi connectivity index (χ2v) is 5.36. The van der Waals surface area contributed by atoms with Gasteiger partial charge >= 0.3 is 0 Å².